The molecule has 0 aromatic heterocycles. The third kappa shape index (κ3) is 3.75. The topological polar surface area (TPSA) is 26.0 Å². The highest BCUT2D eigenvalue weighted by Gasteiger charge is 2.35. The van der Waals surface area contributed by atoms with Gasteiger partial charge >= 0.3 is 6.18 Å². The maximum Gasteiger partial charge on any atom is 0.416 e. The maximum atomic E-state index is 12.5. The smallest absolute Gasteiger partial charge is 0.325 e. The third-order valence-electron chi connectivity index (χ3n) is 4.15. The van der Waals surface area contributed by atoms with Gasteiger partial charge in [-0.15, -0.1) is 0 Å². The summed E-state index contributed by atoms with van der Waals surface area (Å²) in [6, 6.07) is 5.41. The molecule has 0 heterocycles. The van der Waals surface area contributed by atoms with E-state index in [1.165, 1.54) is 6.42 Å². The predicted molar refractivity (Wildman–Crippen MR) is 74.2 cm³/mol. The number of nitrogens with two attached hydrogens (primary N) is 1. The molecule has 1 aliphatic carbocycles. The van der Waals surface area contributed by atoms with Crippen LogP contribution in [0.2, 0.25) is 0 Å². The third-order valence-corrected chi connectivity index (χ3v) is 4.15. The van der Waals surface area contributed by atoms with Gasteiger partial charge in [-0.3, -0.25) is 0 Å². The van der Waals surface area contributed by atoms with Crippen molar-refractivity contribution in [2.45, 2.75) is 51.2 Å². The lowest BCUT2D eigenvalue weighted by atomic mass is 9.70. The van der Waals surface area contributed by atoms with Gasteiger partial charge in [0.1, 0.15) is 0 Å². The molecule has 1 aromatic carbocycles. The van der Waals surface area contributed by atoms with E-state index in [1.807, 2.05) is 0 Å². The summed E-state index contributed by atoms with van der Waals surface area (Å²) in [5.41, 5.74) is 6.48. The van der Waals surface area contributed by atoms with E-state index in [-0.39, 0.29) is 5.54 Å². The van der Waals surface area contributed by atoms with Crippen molar-refractivity contribution in [1.82, 2.24) is 0 Å². The van der Waals surface area contributed by atoms with Crippen LogP contribution in [-0.2, 0) is 12.6 Å². The van der Waals surface area contributed by atoms with Crippen LogP contribution in [-0.4, -0.2) is 5.54 Å². The van der Waals surface area contributed by atoms with Crippen molar-refractivity contribution in [2.24, 2.45) is 17.6 Å². The van der Waals surface area contributed by atoms with Gasteiger partial charge in [-0.1, -0.05) is 26.0 Å². The molecule has 0 amide bonds. The minimum Gasteiger partial charge on any atom is -0.325 e. The van der Waals surface area contributed by atoms with E-state index in [9.17, 15) is 13.2 Å². The largest absolute Gasteiger partial charge is 0.416 e. The van der Waals surface area contributed by atoms with Crippen molar-refractivity contribution in [1.29, 1.82) is 0 Å². The Hall–Kier alpha value is -1.03. The molecular weight excluding hydrogens is 263 g/mol. The number of benzene rings is 1. The molecule has 1 aromatic rings. The van der Waals surface area contributed by atoms with Crippen LogP contribution in [0.4, 0.5) is 13.2 Å². The average Bonchev–Trinajstić information content (AvgIpc) is 2.25. The van der Waals surface area contributed by atoms with Crippen LogP contribution in [0, 0.1) is 11.8 Å². The number of alkyl halides is 3. The highest BCUT2D eigenvalue weighted by molar-refractivity contribution is 5.26. The Morgan fingerprint density at radius 2 is 1.60 bits per heavy atom. The summed E-state index contributed by atoms with van der Waals surface area (Å²) in [4.78, 5) is 0. The molecule has 1 aliphatic rings. The number of halogens is 3. The standard InChI is InChI=1S/C16H22F3N/c1-11-7-12(2)9-15(20,8-11)10-13-3-5-14(6-4-13)16(17,18)19/h3-6,11-12H,7-10,20H2,1-2H3. The molecule has 0 bridgehead atoms. The fraction of sp³-hybridized carbons (Fsp3) is 0.625. The van der Waals surface area contributed by atoms with Crippen molar-refractivity contribution in [2.75, 3.05) is 0 Å². The Bertz CT molecular complexity index is 440. The fourth-order valence-corrected chi connectivity index (χ4v) is 3.69. The first-order valence-corrected chi connectivity index (χ1v) is 7.13. The molecule has 112 valence electrons. The van der Waals surface area contributed by atoms with Gasteiger partial charge in [0.25, 0.3) is 0 Å². The Morgan fingerprint density at radius 3 is 2.05 bits per heavy atom. The lowest BCUT2D eigenvalue weighted by Gasteiger charge is -2.40. The van der Waals surface area contributed by atoms with Crippen LogP contribution in [0.3, 0.4) is 0 Å². The molecule has 1 saturated carbocycles. The molecule has 20 heavy (non-hydrogen) atoms. The van der Waals surface area contributed by atoms with Gasteiger partial charge in [-0.2, -0.15) is 13.2 Å². The summed E-state index contributed by atoms with van der Waals surface area (Å²) in [5.74, 6) is 1.16. The Balaban J connectivity index is 2.09. The molecule has 1 fully saturated rings. The summed E-state index contributed by atoms with van der Waals surface area (Å²) < 4.78 is 37.6. The van der Waals surface area contributed by atoms with Gasteiger partial charge < -0.3 is 5.73 Å². The van der Waals surface area contributed by atoms with Crippen LogP contribution in [0.25, 0.3) is 0 Å². The van der Waals surface area contributed by atoms with E-state index in [4.69, 9.17) is 5.73 Å². The van der Waals surface area contributed by atoms with Crippen LogP contribution in [0.15, 0.2) is 24.3 Å². The summed E-state index contributed by atoms with van der Waals surface area (Å²) >= 11 is 0. The van der Waals surface area contributed by atoms with Gasteiger partial charge in [0.05, 0.1) is 5.56 Å². The van der Waals surface area contributed by atoms with Crippen molar-refractivity contribution in [3.05, 3.63) is 35.4 Å². The minimum atomic E-state index is -4.27. The van der Waals surface area contributed by atoms with E-state index in [0.29, 0.717) is 18.3 Å². The lowest BCUT2D eigenvalue weighted by molar-refractivity contribution is -0.137. The molecule has 0 aliphatic heterocycles. The second-order valence-corrected chi connectivity index (χ2v) is 6.59. The van der Waals surface area contributed by atoms with Gasteiger partial charge in [-0.25, -0.2) is 0 Å². The summed E-state index contributed by atoms with van der Waals surface area (Å²) in [6.45, 7) is 4.40. The Labute approximate surface area is 118 Å². The van der Waals surface area contributed by atoms with E-state index in [2.05, 4.69) is 13.8 Å². The molecule has 0 spiro atoms. The molecule has 2 rings (SSSR count). The summed E-state index contributed by atoms with van der Waals surface area (Å²) in [5, 5.41) is 0. The molecule has 2 atom stereocenters. The van der Waals surface area contributed by atoms with E-state index >= 15 is 0 Å². The van der Waals surface area contributed by atoms with Crippen molar-refractivity contribution >= 4 is 0 Å². The number of hydrogen-bond acceptors (Lipinski definition) is 1. The van der Waals surface area contributed by atoms with E-state index < -0.39 is 11.7 Å². The molecule has 0 saturated heterocycles. The van der Waals surface area contributed by atoms with Crippen LogP contribution < -0.4 is 5.73 Å². The van der Waals surface area contributed by atoms with Gasteiger partial charge in [-0.05, 0) is 55.2 Å². The second-order valence-electron chi connectivity index (χ2n) is 6.59. The first-order valence-electron chi connectivity index (χ1n) is 7.13. The zero-order chi connectivity index (χ0) is 15.0. The van der Waals surface area contributed by atoms with Crippen molar-refractivity contribution in [3.8, 4) is 0 Å². The summed E-state index contributed by atoms with van der Waals surface area (Å²) in [7, 11) is 0. The maximum absolute atomic E-state index is 12.5. The zero-order valence-corrected chi connectivity index (χ0v) is 12.0. The molecule has 1 nitrogen and oxygen atoms in total. The highest BCUT2D eigenvalue weighted by Crippen LogP contribution is 2.37. The Kier molecular flexibility index (Phi) is 4.14. The highest BCUT2D eigenvalue weighted by atomic mass is 19.4. The monoisotopic (exact) mass is 285 g/mol. The van der Waals surface area contributed by atoms with Gasteiger partial charge in [0, 0.05) is 5.54 Å². The predicted octanol–water partition coefficient (Wildman–Crippen LogP) is 4.40. The quantitative estimate of drug-likeness (QED) is 0.856. The van der Waals surface area contributed by atoms with Crippen molar-refractivity contribution < 1.29 is 13.2 Å². The molecule has 2 unspecified atom stereocenters. The lowest BCUT2D eigenvalue weighted by Crippen LogP contribution is -2.48. The molecule has 4 heteroatoms. The van der Waals surface area contributed by atoms with Gasteiger partial charge in [0.15, 0.2) is 0 Å². The first-order chi connectivity index (χ1) is 9.18. The molecular formula is C16H22F3N. The first kappa shape index (κ1) is 15.4. The minimum absolute atomic E-state index is 0.281. The second kappa shape index (κ2) is 5.40. The van der Waals surface area contributed by atoms with E-state index in [1.54, 1.807) is 12.1 Å². The SMILES string of the molecule is CC1CC(C)CC(N)(Cc2ccc(C(F)(F)F)cc2)C1. The van der Waals surface area contributed by atoms with Crippen molar-refractivity contribution in [3.63, 3.8) is 0 Å². The molecule has 2 N–H and O–H groups in total. The normalized spacial score (nSPS) is 31.3. The summed E-state index contributed by atoms with van der Waals surface area (Å²) in [6.07, 6.45) is -0.546. The Morgan fingerprint density at radius 1 is 1.10 bits per heavy atom. The van der Waals surface area contributed by atoms with Gasteiger partial charge in [0.2, 0.25) is 0 Å². The fourth-order valence-electron chi connectivity index (χ4n) is 3.69. The molecule has 0 radical (unpaired) electrons. The number of hydrogen-bond donors (Lipinski definition) is 1. The van der Waals surface area contributed by atoms with E-state index in [0.717, 1.165) is 30.5 Å². The van der Waals surface area contributed by atoms with Crippen LogP contribution in [0.5, 0.6) is 0 Å². The number of rotatable bonds is 2. The average molecular weight is 285 g/mol. The van der Waals surface area contributed by atoms with Crippen LogP contribution in [0.1, 0.15) is 44.2 Å². The van der Waals surface area contributed by atoms with Crippen LogP contribution >= 0.6 is 0 Å². The zero-order valence-electron chi connectivity index (χ0n) is 12.0.